The maximum absolute atomic E-state index is 12.5. The summed E-state index contributed by atoms with van der Waals surface area (Å²) in [6.45, 7) is 1.92. The van der Waals surface area contributed by atoms with Crippen molar-refractivity contribution in [3.8, 4) is 11.5 Å². The highest BCUT2D eigenvalue weighted by molar-refractivity contribution is 5.94. The van der Waals surface area contributed by atoms with Crippen LogP contribution in [0.4, 0.5) is 5.69 Å². The first-order chi connectivity index (χ1) is 13.6. The molecule has 1 aliphatic rings. The molecule has 1 aliphatic heterocycles. The molecule has 7 nitrogen and oxygen atoms in total. The summed E-state index contributed by atoms with van der Waals surface area (Å²) < 4.78 is 10.6. The minimum atomic E-state index is -0.279. The number of amides is 2. The van der Waals surface area contributed by atoms with E-state index in [0.29, 0.717) is 41.8 Å². The van der Waals surface area contributed by atoms with E-state index in [1.165, 1.54) is 0 Å². The number of rotatable bonds is 7. The van der Waals surface area contributed by atoms with Crippen LogP contribution in [-0.4, -0.2) is 50.1 Å². The van der Waals surface area contributed by atoms with Crippen molar-refractivity contribution in [2.75, 3.05) is 38.7 Å². The van der Waals surface area contributed by atoms with E-state index in [1.807, 2.05) is 4.90 Å². The van der Waals surface area contributed by atoms with Gasteiger partial charge in [0.15, 0.2) is 6.61 Å². The molecular weight excluding hydrogens is 394 g/mol. The number of likely N-dealkylation sites (tertiary alicyclic amines) is 1. The summed E-state index contributed by atoms with van der Waals surface area (Å²) in [7, 11) is 1.57. The number of anilines is 1. The lowest BCUT2D eigenvalue weighted by Gasteiger charge is -2.16. The van der Waals surface area contributed by atoms with Crippen molar-refractivity contribution < 1.29 is 19.1 Å². The molecule has 0 radical (unpaired) electrons. The molecule has 156 valence electrons. The zero-order chi connectivity index (χ0) is 19.9. The van der Waals surface area contributed by atoms with Crippen molar-refractivity contribution in [3.05, 3.63) is 54.1 Å². The van der Waals surface area contributed by atoms with Crippen LogP contribution in [0.15, 0.2) is 48.5 Å². The highest BCUT2D eigenvalue weighted by Gasteiger charge is 2.25. The molecule has 1 heterocycles. The summed E-state index contributed by atoms with van der Waals surface area (Å²) in [5.74, 6) is 1.29. The third-order valence-corrected chi connectivity index (χ3v) is 4.73. The van der Waals surface area contributed by atoms with E-state index in [9.17, 15) is 9.59 Å². The largest absolute Gasteiger partial charge is 0.497 e. The number of methoxy groups -OCH3 is 1. The second kappa shape index (κ2) is 10.7. The topological polar surface area (TPSA) is 93.9 Å². The van der Waals surface area contributed by atoms with Crippen LogP contribution < -0.4 is 20.5 Å². The molecule has 0 saturated carbocycles. The molecule has 0 spiro atoms. The molecule has 1 fully saturated rings. The molecule has 2 amide bonds. The summed E-state index contributed by atoms with van der Waals surface area (Å²) >= 11 is 0. The standard InChI is InChI=1S/C21H25N3O4.ClH/c1-27-19-4-2-3-17(11-19)23-20(25)14-28-18-7-5-16(6-8-18)21(26)24-10-9-15(12-22)13-24;/h2-8,11,15H,9-10,12-14,22H2,1H3,(H,23,25);1H. The Balaban J connectivity index is 0.00000300. The number of nitrogens with one attached hydrogen (secondary N) is 1. The van der Waals surface area contributed by atoms with Crippen molar-refractivity contribution in [2.24, 2.45) is 11.7 Å². The maximum atomic E-state index is 12.5. The van der Waals surface area contributed by atoms with Gasteiger partial charge >= 0.3 is 0 Å². The number of carbonyl (C=O) groups is 2. The summed E-state index contributed by atoms with van der Waals surface area (Å²) in [5, 5.41) is 2.75. The van der Waals surface area contributed by atoms with Crippen molar-refractivity contribution in [3.63, 3.8) is 0 Å². The van der Waals surface area contributed by atoms with Crippen LogP contribution in [0.2, 0.25) is 0 Å². The van der Waals surface area contributed by atoms with Crippen molar-refractivity contribution in [1.82, 2.24) is 4.90 Å². The predicted molar refractivity (Wildman–Crippen MR) is 114 cm³/mol. The van der Waals surface area contributed by atoms with E-state index < -0.39 is 0 Å². The lowest BCUT2D eigenvalue weighted by Crippen LogP contribution is -2.29. The molecule has 1 saturated heterocycles. The molecule has 1 atom stereocenters. The smallest absolute Gasteiger partial charge is 0.262 e. The fraction of sp³-hybridized carbons (Fsp3) is 0.333. The Labute approximate surface area is 176 Å². The highest BCUT2D eigenvalue weighted by atomic mass is 35.5. The van der Waals surface area contributed by atoms with E-state index in [0.717, 1.165) is 13.0 Å². The fourth-order valence-corrected chi connectivity index (χ4v) is 3.13. The van der Waals surface area contributed by atoms with E-state index in [4.69, 9.17) is 15.2 Å². The first-order valence-corrected chi connectivity index (χ1v) is 9.25. The van der Waals surface area contributed by atoms with Crippen LogP contribution in [0, 0.1) is 5.92 Å². The third kappa shape index (κ3) is 6.10. The summed E-state index contributed by atoms with van der Waals surface area (Å²) in [4.78, 5) is 26.4. The second-order valence-corrected chi connectivity index (χ2v) is 6.73. The Morgan fingerprint density at radius 2 is 1.93 bits per heavy atom. The van der Waals surface area contributed by atoms with E-state index in [1.54, 1.807) is 55.6 Å². The Kier molecular flexibility index (Phi) is 8.30. The molecule has 0 bridgehead atoms. The number of halogens is 1. The quantitative estimate of drug-likeness (QED) is 0.719. The van der Waals surface area contributed by atoms with Crippen LogP contribution in [0.25, 0.3) is 0 Å². The van der Waals surface area contributed by atoms with Gasteiger partial charge < -0.3 is 25.4 Å². The maximum Gasteiger partial charge on any atom is 0.262 e. The fourth-order valence-electron chi connectivity index (χ4n) is 3.13. The molecule has 2 aromatic carbocycles. The van der Waals surface area contributed by atoms with Gasteiger partial charge in [-0.3, -0.25) is 9.59 Å². The van der Waals surface area contributed by atoms with Gasteiger partial charge in [-0.05, 0) is 55.3 Å². The Morgan fingerprint density at radius 1 is 1.17 bits per heavy atom. The SMILES string of the molecule is COc1cccc(NC(=O)COc2ccc(C(=O)N3CCC(CN)C3)cc2)c1.Cl. The van der Waals surface area contributed by atoms with Gasteiger partial charge in [-0.15, -0.1) is 12.4 Å². The predicted octanol–water partition coefficient (Wildman–Crippen LogP) is 2.56. The van der Waals surface area contributed by atoms with Crippen molar-refractivity contribution in [1.29, 1.82) is 0 Å². The Hall–Kier alpha value is -2.77. The summed E-state index contributed by atoms with van der Waals surface area (Å²) in [6, 6.07) is 13.9. The molecule has 3 N–H and O–H groups in total. The van der Waals surface area contributed by atoms with Gasteiger partial charge in [-0.1, -0.05) is 6.07 Å². The molecule has 0 aliphatic carbocycles. The second-order valence-electron chi connectivity index (χ2n) is 6.73. The number of ether oxygens (including phenoxy) is 2. The molecule has 2 aromatic rings. The lowest BCUT2D eigenvalue weighted by atomic mass is 10.1. The molecule has 3 rings (SSSR count). The third-order valence-electron chi connectivity index (χ3n) is 4.73. The highest BCUT2D eigenvalue weighted by Crippen LogP contribution is 2.20. The van der Waals surface area contributed by atoms with Gasteiger partial charge in [0.1, 0.15) is 11.5 Å². The zero-order valence-electron chi connectivity index (χ0n) is 16.3. The minimum Gasteiger partial charge on any atom is -0.497 e. The summed E-state index contributed by atoms with van der Waals surface area (Å²) in [6.07, 6.45) is 0.950. The number of hydrogen-bond donors (Lipinski definition) is 2. The van der Waals surface area contributed by atoms with Gasteiger partial charge in [0.25, 0.3) is 11.8 Å². The number of nitrogens with zero attached hydrogens (tertiary/aromatic N) is 1. The van der Waals surface area contributed by atoms with Crippen LogP contribution in [-0.2, 0) is 4.79 Å². The van der Waals surface area contributed by atoms with Crippen molar-refractivity contribution >= 4 is 29.9 Å². The number of nitrogens with two attached hydrogens (primary N) is 1. The van der Waals surface area contributed by atoms with E-state index in [-0.39, 0.29) is 30.8 Å². The molecule has 8 heteroatoms. The average molecular weight is 420 g/mol. The monoisotopic (exact) mass is 419 g/mol. The summed E-state index contributed by atoms with van der Waals surface area (Å²) in [5.41, 5.74) is 6.92. The number of benzene rings is 2. The van der Waals surface area contributed by atoms with Crippen LogP contribution in [0.1, 0.15) is 16.8 Å². The first kappa shape index (κ1) is 22.5. The molecule has 0 aromatic heterocycles. The van der Waals surface area contributed by atoms with Gasteiger partial charge in [-0.2, -0.15) is 0 Å². The van der Waals surface area contributed by atoms with Crippen molar-refractivity contribution in [2.45, 2.75) is 6.42 Å². The van der Waals surface area contributed by atoms with Crippen LogP contribution in [0.5, 0.6) is 11.5 Å². The Morgan fingerprint density at radius 3 is 2.59 bits per heavy atom. The first-order valence-electron chi connectivity index (χ1n) is 9.25. The van der Waals surface area contributed by atoms with Gasteiger partial charge in [0, 0.05) is 30.4 Å². The molecular formula is C21H26ClN3O4. The number of hydrogen-bond acceptors (Lipinski definition) is 5. The van der Waals surface area contributed by atoms with Gasteiger partial charge in [0.05, 0.1) is 7.11 Å². The van der Waals surface area contributed by atoms with Gasteiger partial charge in [-0.25, -0.2) is 0 Å². The van der Waals surface area contributed by atoms with E-state index >= 15 is 0 Å². The average Bonchev–Trinajstić information content (AvgIpc) is 3.21. The van der Waals surface area contributed by atoms with Gasteiger partial charge in [0.2, 0.25) is 0 Å². The lowest BCUT2D eigenvalue weighted by molar-refractivity contribution is -0.118. The van der Waals surface area contributed by atoms with E-state index in [2.05, 4.69) is 5.32 Å². The van der Waals surface area contributed by atoms with Crippen LogP contribution in [0.3, 0.4) is 0 Å². The minimum absolute atomic E-state index is 0. The molecule has 1 unspecified atom stereocenters. The van der Waals surface area contributed by atoms with Crippen LogP contribution >= 0.6 is 12.4 Å². The normalized spacial score (nSPS) is 15.4. The Bertz CT molecular complexity index is 829. The number of carbonyl (C=O) groups excluding carboxylic acids is 2. The molecule has 29 heavy (non-hydrogen) atoms. The zero-order valence-corrected chi connectivity index (χ0v) is 17.1.